The molecule has 0 spiro atoms. The molecule has 3 N–H and O–H groups in total. The molecule has 0 radical (unpaired) electrons. The van der Waals surface area contributed by atoms with Crippen molar-refractivity contribution in [3.63, 3.8) is 0 Å². The molecule has 2 aromatic rings. The van der Waals surface area contributed by atoms with Crippen LogP contribution in [-0.4, -0.2) is 31.8 Å². The van der Waals surface area contributed by atoms with Crippen molar-refractivity contribution in [1.82, 2.24) is 10.6 Å². The minimum atomic E-state index is -0.474. The molecule has 0 fully saturated rings. The SMILES string of the molecule is CN(C)c1ccc(CNC(=O)NC(CO)c2ccc(Cl)cc2)cc1. The molecule has 128 valence electrons. The minimum Gasteiger partial charge on any atom is -0.394 e. The number of nitrogens with zero attached hydrogens (tertiary/aromatic N) is 1. The monoisotopic (exact) mass is 347 g/mol. The lowest BCUT2D eigenvalue weighted by atomic mass is 10.1. The van der Waals surface area contributed by atoms with Crippen LogP contribution in [0.3, 0.4) is 0 Å². The molecule has 0 saturated heterocycles. The van der Waals surface area contributed by atoms with Crippen molar-refractivity contribution in [2.75, 3.05) is 25.6 Å². The minimum absolute atomic E-state index is 0.188. The number of amides is 2. The molecule has 0 aliphatic carbocycles. The van der Waals surface area contributed by atoms with E-state index in [0.29, 0.717) is 11.6 Å². The smallest absolute Gasteiger partial charge is 0.315 e. The average molecular weight is 348 g/mol. The van der Waals surface area contributed by atoms with E-state index in [2.05, 4.69) is 10.6 Å². The van der Waals surface area contributed by atoms with Gasteiger partial charge in [0.25, 0.3) is 0 Å². The third-order valence-corrected chi connectivity index (χ3v) is 3.92. The highest BCUT2D eigenvalue weighted by Crippen LogP contribution is 2.16. The third kappa shape index (κ3) is 5.15. The molecule has 24 heavy (non-hydrogen) atoms. The first kappa shape index (κ1) is 18.1. The van der Waals surface area contributed by atoms with Gasteiger partial charge in [0.2, 0.25) is 0 Å². The Balaban J connectivity index is 1.88. The zero-order valence-corrected chi connectivity index (χ0v) is 14.5. The summed E-state index contributed by atoms with van der Waals surface area (Å²) < 4.78 is 0. The van der Waals surface area contributed by atoms with E-state index in [-0.39, 0.29) is 12.6 Å². The Bertz CT molecular complexity index is 657. The average Bonchev–Trinajstić information content (AvgIpc) is 2.59. The second-order valence-corrected chi connectivity index (χ2v) is 6.11. The maximum atomic E-state index is 12.0. The number of aliphatic hydroxyl groups is 1. The van der Waals surface area contributed by atoms with Gasteiger partial charge in [-0.2, -0.15) is 0 Å². The fourth-order valence-electron chi connectivity index (χ4n) is 2.23. The van der Waals surface area contributed by atoms with Gasteiger partial charge in [-0.15, -0.1) is 0 Å². The largest absolute Gasteiger partial charge is 0.394 e. The molecule has 0 bridgehead atoms. The van der Waals surface area contributed by atoms with Crippen LogP contribution < -0.4 is 15.5 Å². The molecule has 0 aliphatic rings. The van der Waals surface area contributed by atoms with Crippen molar-refractivity contribution in [2.45, 2.75) is 12.6 Å². The van der Waals surface area contributed by atoms with Crippen LogP contribution in [0, 0.1) is 0 Å². The number of carbonyl (C=O) groups is 1. The molecular formula is C18H22ClN3O2. The predicted octanol–water partition coefficient (Wildman–Crippen LogP) is 2.94. The number of urea groups is 1. The summed E-state index contributed by atoms with van der Waals surface area (Å²) in [6.07, 6.45) is 0. The Morgan fingerprint density at radius 3 is 2.29 bits per heavy atom. The maximum Gasteiger partial charge on any atom is 0.315 e. The third-order valence-electron chi connectivity index (χ3n) is 3.67. The van der Waals surface area contributed by atoms with Gasteiger partial charge in [0.05, 0.1) is 12.6 Å². The lowest BCUT2D eigenvalue weighted by molar-refractivity contribution is 0.216. The quantitative estimate of drug-likeness (QED) is 0.752. The summed E-state index contributed by atoms with van der Waals surface area (Å²) >= 11 is 5.85. The summed E-state index contributed by atoms with van der Waals surface area (Å²) in [6.45, 7) is 0.227. The summed E-state index contributed by atoms with van der Waals surface area (Å²) in [7, 11) is 3.96. The number of hydrogen-bond donors (Lipinski definition) is 3. The van der Waals surface area contributed by atoms with Crippen LogP contribution >= 0.6 is 11.6 Å². The fraction of sp³-hybridized carbons (Fsp3) is 0.278. The van der Waals surface area contributed by atoms with Gasteiger partial charge < -0.3 is 20.6 Å². The Morgan fingerprint density at radius 2 is 1.75 bits per heavy atom. The molecule has 2 aromatic carbocycles. The first-order chi connectivity index (χ1) is 11.5. The van der Waals surface area contributed by atoms with E-state index in [1.165, 1.54) is 0 Å². The molecule has 0 aromatic heterocycles. The summed E-state index contributed by atoms with van der Waals surface area (Å²) in [5, 5.41) is 15.6. The highest BCUT2D eigenvalue weighted by molar-refractivity contribution is 6.30. The van der Waals surface area contributed by atoms with Crippen molar-refractivity contribution in [3.8, 4) is 0 Å². The zero-order chi connectivity index (χ0) is 17.5. The van der Waals surface area contributed by atoms with Crippen LogP contribution in [-0.2, 0) is 6.54 Å². The molecule has 0 heterocycles. The first-order valence-corrected chi connectivity index (χ1v) is 8.04. The Labute approximate surface area is 147 Å². The van der Waals surface area contributed by atoms with Crippen molar-refractivity contribution >= 4 is 23.3 Å². The lowest BCUT2D eigenvalue weighted by Crippen LogP contribution is -2.38. The number of nitrogens with one attached hydrogen (secondary N) is 2. The van der Waals surface area contributed by atoms with E-state index in [1.54, 1.807) is 24.3 Å². The van der Waals surface area contributed by atoms with Gasteiger partial charge in [0, 0.05) is 31.4 Å². The van der Waals surface area contributed by atoms with Gasteiger partial charge in [0.15, 0.2) is 0 Å². The molecule has 2 rings (SSSR count). The van der Waals surface area contributed by atoms with Crippen molar-refractivity contribution in [2.24, 2.45) is 0 Å². The van der Waals surface area contributed by atoms with Gasteiger partial charge in [-0.25, -0.2) is 4.79 Å². The Kier molecular flexibility index (Phi) is 6.46. The molecule has 1 unspecified atom stereocenters. The van der Waals surface area contributed by atoms with Gasteiger partial charge in [0.1, 0.15) is 0 Å². The van der Waals surface area contributed by atoms with Crippen molar-refractivity contribution in [3.05, 3.63) is 64.7 Å². The van der Waals surface area contributed by atoms with Crippen molar-refractivity contribution in [1.29, 1.82) is 0 Å². The van der Waals surface area contributed by atoms with E-state index in [9.17, 15) is 9.90 Å². The molecule has 5 nitrogen and oxygen atoms in total. The standard InChI is InChI=1S/C18H22ClN3O2/c1-22(2)16-9-3-13(4-10-16)11-20-18(24)21-17(12-23)14-5-7-15(19)8-6-14/h3-10,17,23H,11-12H2,1-2H3,(H2,20,21,24). The molecule has 2 amide bonds. The van der Waals surface area contributed by atoms with Gasteiger partial charge in [-0.1, -0.05) is 35.9 Å². The highest BCUT2D eigenvalue weighted by atomic mass is 35.5. The highest BCUT2D eigenvalue weighted by Gasteiger charge is 2.13. The Hall–Kier alpha value is -2.24. The van der Waals surface area contributed by atoms with Crippen LogP contribution in [0.25, 0.3) is 0 Å². The van der Waals surface area contributed by atoms with Crippen LogP contribution in [0.1, 0.15) is 17.2 Å². The number of carbonyl (C=O) groups excluding carboxylic acids is 1. The summed E-state index contributed by atoms with van der Waals surface area (Å²) in [5.41, 5.74) is 2.90. The van der Waals surface area contributed by atoms with Gasteiger partial charge in [-0.3, -0.25) is 0 Å². The van der Waals surface area contributed by atoms with E-state index < -0.39 is 6.04 Å². The predicted molar refractivity (Wildman–Crippen MR) is 97.4 cm³/mol. The summed E-state index contributed by atoms with van der Waals surface area (Å²) in [6, 6.07) is 14.2. The van der Waals surface area contributed by atoms with Crippen LogP contribution in [0.4, 0.5) is 10.5 Å². The summed E-state index contributed by atoms with van der Waals surface area (Å²) in [5.74, 6) is 0. The normalized spacial score (nSPS) is 11.7. The molecule has 6 heteroatoms. The molecule has 0 saturated carbocycles. The topological polar surface area (TPSA) is 64.6 Å². The fourth-order valence-corrected chi connectivity index (χ4v) is 2.36. The molecular weight excluding hydrogens is 326 g/mol. The van der Waals surface area contributed by atoms with E-state index in [0.717, 1.165) is 16.8 Å². The second-order valence-electron chi connectivity index (χ2n) is 5.67. The van der Waals surface area contributed by atoms with Gasteiger partial charge >= 0.3 is 6.03 Å². The van der Waals surface area contributed by atoms with E-state index in [4.69, 9.17) is 11.6 Å². The first-order valence-electron chi connectivity index (χ1n) is 7.66. The number of rotatable bonds is 6. The Morgan fingerprint density at radius 1 is 1.12 bits per heavy atom. The van der Waals surface area contributed by atoms with Crippen LogP contribution in [0.15, 0.2) is 48.5 Å². The van der Waals surface area contributed by atoms with Crippen LogP contribution in [0.2, 0.25) is 5.02 Å². The lowest BCUT2D eigenvalue weighted by Gasteiger charge is -2.17. The van der Waals surface area contributed by atoms with E-state index >= 15 is 0 Å². The number of hydrogen-bond acceptors (Lipinski definition) is 3. The van der Waals surface area contributed by atoms with E-state index in [1.807, 2.05) is 43.3 Å². The van der Waals surface area contributed by atoms with Gasteiger partial charge in [-0.05, 0) is 35.4 Å². The van der Waals surface area contributed by atoms with Crippen molar-refractivity contribution < 1.29 is 9.90 Å². The molecule has 1 atom stereocenters. The molecule has 0 aliphatic heterocycles. The number of anilines is 1. The second kappa shape index (κ2) is 8.57. The van der Waals surface area contributed by atoms with Crippen LogP contribution in [0.5, 0.6) is 0 Å². The zero-order valence-electron chi connectivity index (χ0n) is 13.8. The maximum absolute atomic E-state index is 12.0. The number of halogens is 1. The number of aliphatic hydroxyl groups excluding tert-OH is 1. The number of benzene rings is 2. The summed E-state index contributed by atoms with van der Waals surface area (Å²) in [4.78, 5) is 14.0.